The van der Waals surface area contributed by atoms with Gasteiger partial charge in [0, 0.05) is 17.5 Å². The van der Waals surface area contributed by atoms with Crippen molar-refractivity contribution in [1.82, 2.24) is 14.6 Å². The summed E-state index contributed by atoms with van der Waals surface area (Å²) in [5, 5.41) is 13.6. The lowest BCUT2D eigenvalue weighted by atomic mass is 10.3. The van der Waals surface area contributed by atoms with Gasteiger partial charge >= 0.3 is 5.95 Å². The first-order valence-electron chi connectivity index (χ1n) is 7.20. The molecule has 0 fully saturated rings. The van der Waals surface area contributed by atoms with Crippen LogP contribution in [0.3, 0.4) is 0 Å². The maximum atomic E-state index is 13.3. The third kappa shape index (κ3) is 5.48. The highest BCUT2D eigenvalue weighted by molar-refractivity contribution is 7.57. The molecule has 8 nitrogen and oxygen atoms in total. The number of rotatable bonds is 11. The third-order valence-electron chi connectivity index (χ3n) is 3.34. The second-order valence-corrected chi connectivity index (χ2v) is 8.40. The molecule has 0 amide bonds. The molecule has 1 aromatic rings. The predicted octanol–water partition coefficient (Wildman–Crippen LogP) is 3.79. The van der Waals surface area contributed by atoms with Crippen molar-refractivity contribution in [1.29, 1.82) is 0 Å². The van der Waals surface area contributed by atoms with Crippen LogP contribution in [0.1, 0.15) is 25.5 Å². The molecule has 0 bridgehead atoms. The van der Waals surface area contributed by atoms with E-state index in [1.807, 2.05) is 0 Å². The molecule has 0 spiro atoms. The minimum absolute atomic E-state index is 0.101. The number of hydrogen-bond donors (Lipinski definition) is 1. The fourth-order valence-electron chi connectivity index (χ4n) is 2.13. The Balaban J connectivity index is 2.99. The summed E-state index contributed by atoms with van der Waals surface area (Å²) in [7, 11) is -1.85. The van der Waals surface area contributed by atoms with Crippen molar-refractivity contribution >= 4 is 36.7 Å². The van der Waals surface area contributed by atoms with E-state index >= 15 is 0 Å². The van der Waals surface area contributed by atoms with E-state index in [0.717, 1.165) is 0 Å². The maximum absolute atomic E-state index is 13.3. The predicted molar refractivity (Wildman–Crippen MR) is 94.7 cm³/mol. The van der Waals surface area contributed by atoms with Crippen molar-refractivity contribution in [2.45, 2.75) is 32.0 Å². The largest absolute Gasteiger partial charge is 0.434 e. The Morgan fingerprint density at radius 3 is 2.54 bits per heavy atom. The first-order valence-corrected chi connectivity index (χ1v) is 9.96. The lowest BCUT2D eigenvalue weighted by molar-refractivity contribution is -0.396. The number of allylic oxidation sites excluding steroid dienone is 1. The van der Waals surface area contributed by atoms with Crippen LogP contribution in [0.2, 0.25) is 0 Å². The molecule has 0 aliphatic carbocycles. The Kier molecular flexibility index (Phi) is 8.22. The molecule has 0 aliphatic rings. The Morgan fingerprint density at radius 1 is 1.54 bits per heavy atom. The van der Waals surface area contributed by atoms with Crippen molar-refractivity contribution < 1.29 is 14.0 Å². The van der Waals surface area contributed by atoms with E-state index < -0.39 is 12.4 Å². The molecule has 1 rings (SSSR count). The monoisotopic (exact) mass is 398 g/mol. The summed E-state index contributed by atoms with van der Waals surface area (Å²) in [5.41, 5.74) is 0.539. The van der Waals surface area contributed by atoms with Gasteiger partial charge in [-0.2, -0.15) is 0 Å². The number of imidazole rings is 1. The van der Waals surface area contributed by atoms with Gasteiger partial charge in [0.15, 0.2) is 0 Å². The van der Waals surface area contributed by atoms with E-state index in [1.54, 1.807) is 6.92 Å². The summed E-state index contributed by atoms with van der Waals surface area (Å²) >= 11 is 11.6. The van der Waals surface area contributed by atoms with E-state index in [1.165, 1.54) is 17.8 Å². The number of alkyl halides is 2. The summed E-state index contributed by atoms with van der Waals surface area (Å²) in [5.74, 6) is 0.308. The molecular weight excluding hydrogens is 378 g/mol. The van der Waals surface area contributed by atoms with Gasteiger partial charge in [0.1, 0.15) is 18.5 Å². The second-order valence-electron chi connectivity index (χ2n) is 5.24. The molecule has 1 unspecified atom stereocenters. The average Bonchev–Trinajstić information content (AvgIpc) is 2.85. The van der Waals surface area contributed by atoms with E-state index in [-0.39, 0.29) is 18.2 Å². The van der Waals surface area contributed by atoms with Crippen LogP contribution in [0.4, 0.5) is 5.95 Å². The zero-order chi connectivity index (χ0) is 18.3. The average molecular weight is 399 g/mol. The minimum Gasteiger partial charge on any atom is -0.390 e. The van der Waals surface area contributed by atoms with Crippen LogP contribution in [0, 0.1) is 10.1 Å². The highest BCUT2D eigenvalue weighted by Crippen LogP contribution is 2.52. The molecule has 24 heavy (non-hydrogen) atoms. The van der Waals surface area contributed by atoms with Gasteiger partial charge in [-0.3, -0.25) is 4.57 Å². The molecule has 1 atom stereocenters. The zero-order valence-electron chi connectivity index (χ0n) is 13.6. The third-order valence-corrected chi connectivity index (χ3v) is 6.46. The van der Waals surface area contributed by atoms with E-state index in [2.05, 4.69) is 16.7 Å². The molecule has 136 valence electrons. The van der Waals surface area contributed by atoms with Crippen molar-refractivity contribution in [3.8, 4) is 0 Å². The number of nitrogens with zero attached hydrogens (tertiary/aromatic N) is 3. The lowest BCUT2D eigenvalue weighted by Crippen LogP contribution is -2.22. The van der Waals surface area contributed by atoms with Crippen LogP contribution in [-0.4, -0.2) is 31.9 Å². The summed E-state index contributed by atoms with van der Waals surface area (Å²) < 4.78 is 20.2. The van der Waals surface area contributed by atoms with Gasteiger partial charge in [-0.1, -0.05) is 11.6 Å². The van der Waals surface area contributed by atoms with Crippen LogP contribution in [0.15, 0.2) is 18.5 Å². The number of aromatic nitrogens is 2. The van der Waals surface area contributed by atoms with Crippen LogP contribution in [0.25, 0.3) is 0 Å². The molecule has 0 saturated carbocycles. The first-order chi connectivity index (χ1) is 11.2. The van der Waals surface area contributed by atoms with Crippen molar-refractivity contribution in [2.24, 2.45) is 7.05 Å². The fourth-order valence-corrected chi connectivity index (χ4v) is 5.21. The maximum Gasteiger partial charge on any atom is 0.434 e. The first kappa shape index (κ1) is 21.0. The summed E-state index contributed by atoms with van der Waals surface area (Å²) in [6.07, 6.45) is 2.23. The van der Waals surface area contributed by atoms with E-state index in [0.29, 0.717) is 36.0 Å². The normalized spacial score (nSPS) is 13.7. The van der Waals surface area contributed by atoms with Gasteiger partial charge in [0.05, 0.1) is 12.7 Å². The standard InChI is InChI=1S/C13H21Cl2N4O4P/c1-10(2)17-24(22,12(4-6-14)5-7-15)23-9-11-8-16-13(18(11)3)19(20)21/h8,12H,1,4-7,9H2,2-3H3,(H,17,22). The topological polar surface area (TPSA) is 99.3 Å². The Bertz CT molecular complexity index is 631. The molecule has 0 radical (unpaired) electrons. The molecule has 11 heteroatoms. The van der Waals surface area contributed by atoms with Crippen LogP contribution in [-0.2, 0) is 22.7 Å². The Hall–Kier alpha value is -1.08. The van der Waals surface area contributed by atoms with Crippen molar-refractivity contribution in [3.63, 3.8) is 0 Å². The SMILES string of the molecule is C=C(C)NP(=O)(OCc1cnc([N+](=O)[O-])n1C)C(CCCl)CCCl. The highest BCUT2D eigenvalue weighted by Gasteiger charge is 2.34. The van der Waals surface area contributed by atoms with Crippen molar-refractivity contribution in [3.05, 3.63) is 34.3 Å². The number of halogens is 2. The molecule has 0 saturated heterocycles. The van der Waals surface area contributed by atoms with Gasteiger partial charge in [-0.15, -0.1) is 23.2 Å². The van der Waals surface area contributed by atoms with E-state index in [9.17, 15) is 14.7 Å². The van der Waals surface area contributed by atoms with Gasteiger partial charge in [-0.05, 0) is 24.7 Å². The molecule has 0 aliphatic heterocycles. The quantitative estimate of drug-likeness (QED) is 0.263. The number of nitrogens with one attached hydrogen (secondary N) is 1. The lowest BCUT2D eigenvalue weighted by Gasteiger charge is -2.27. The van der Waals surface area contributed by atoms with Gasteiger partial charge in [-0.25, -0.2) is 4.57 Å². The zero-order valence-corrected chi connectivity index (χ0v) is 16.0. The van der Waals surface area contributed by atoms with E-state index in [4.69, 9.17) is 27.7 Å². The Morgan fingerprint density at radius 2 is 2.12 bits per heavy atom. The summed E-state index contributed by atoms with van der Waals surface area (Å²) in [4.78, 5) is 13.9. The number of nitro groups is 1. The van der Waals surface area contributed by atoms with Gasteiger partial charge < -0.3 is 19.7 Å². The summed E-state index contributed by atoms with van der Waals surface area (Å²) in [6.45, 7) is 5.28. The van der Waals surface area contributed by atoms with Crippen LogP contribution < -0.4 is 5.09 Å². The minimum atomic E-state index is -3.35. The number of hydrogen-bond acceptors (Lipinski definition) is 5. The molecule has 1 aromatic heterocycles. The van der Waals surface area contributed by atoms with Gasteiger partial charge in [0.2, 0.25) is 0 Å². The van der Waals surface area contributed by atoms with Crippen molar-refractivity contribution in [2.75, 3.05) is 11.8 Å². The summed E-state index contributed by atoms with van der Waals surface area (Å²) in [6, 6.07) is 0. The molecular formula is C13H21Cl2N4O4P. The molecule has 1 heterocycles. The fraction of sp³-hybridized carbons (Fsp3) is 0.615. The molecule has 1 N–H and O–H groups in total. The molecule has 0 aromatic carbocycles. The van der Waals surface area contributed by atoms with Crippen LogP contribution in [0.5, 0.6) is 0 Å². The van der Waals surface area contributed by atoms with Crippen LogP contribution >= 0.6 is 30.7 Å². The highest BCUT2D eigenvalue weighted by atomic mass is 35.5. The second kappa shape index (κ2) is 9.42. The smallest absolute Gasteiger partial charge is 0.390 e. The van der Waals surface area contributed by atoms with Gasteiger partial charge in [0.25, 0.3) is 7.52 Å². The Labute approximate surface area is 150 Å².